The van der Waals surface area contributed by atoms with E-state index in [0.717, 1.165) is 32.2 Å². The first kappa shape index (κ1) is 18.2. The van der Waals surface area contributed by atoms with Gasteiger partial charge in [-0.2, -0.15) is 0 Å². The minimum Gasteiger partial charge on any atom is -0.378 e. The van der Waals surface area contributed by atoms with Gasteiger partial charge in [0.2, 0.25) is 11.8 Å². The summed E-state index contributed by atoms with van der Waals surface area (Å²) < 4.78 is 5.72. The van der Waals surface area contributed by atoms with Crippen molar-refractivity contribution in [3.05, 3.63) is 0 Å². The van der Waals surface area contributed by atoms with E-state index in [0.29, 0.717) is 19.6 Å². The third-order valence-electron chi connectivity index (χ3n) is 5.47. The van der Waals surface area contributed by atoms with Crippen LogP contribution in [0.4, 0.5) is 0 Å². The van der Waals surface area contributed by atoms with Gasteiger partial charge in [-0.3, -0.25) is 9.59 Å². The molecule has 2 aliphatic rings. The zero-order valence-electron chi connectivity index (χ0n) is 15.1. The highest BCUT2D eigenvalue weighted by atomic mass is 16.5. The molecular weight excluding hydrogens is 292 g/mol. The van der Waals surface area contributed by atoms with E-state index in [1.54, 1.807) is 0 Å². The Labute approximate surface area is 140 Å². The van der Waals surface area contributed by atoms with E-state index in [-0.39, 0.29) is 35.3 Å². The summed E-state index contributed by atoms with van der Waals surface area (Å²) in [6.45, 7) is 10.4. The molecule has 0 unspecified atom stereocenters. The van der Waals surface area contributed by atoms with Crippen molar-refractivity contribution in [2.24, 2.45) is 11.3 Å². The fraction of sp³-hybridized carbons (Fsp3) is 0.889. The minimum absolute atomic E-state index is 0.0158. The Bertz CT molecular complexity index is 436. The van der Waals surface area contributed by atoms with Crippen LogP contribution in [0.5, 0.6) is 0 Å². The van der Waals surface area contributed by atoms with Gasteiger partial charge in [-0.25, -0.2) is 0 Å². The van der Waals surface area contributed by atoms with Crippen molar-refractivity contribution in [3.63, 3.8) is 0 Å². The predicted molar refractivity (Wildman–Crippen MR) is 90.0 cm³/mol. The summed E-state index contributed by atoms with van der Waals surface area (Å²) in [5, 5.41) is 3.20. The highest BCUT2D eigenvalue weighted by Crippen LogP contribution is 2.42. The fourth-order valence-corrected chi connectivity index (χ4v) is 3.69. The molecule has 3 atom stereocenters. The summed E-state index contributed by atoms with van der Waals surface area (Å²) in [5.41, 5.74) is -0.0158. The summed E-state index contributed by atoms with van der Waals surface area (Å²) >= 11 is 0. The van der Waals surface area contributed by atoms with Crippen molar-refractivity contribution < 1.29 is 14.3 Å². The molecule has 132 valence electrons. The number of carbonyl (C=O) groups is 2. The summed E-state index contributed by atoms with van der Waals surface area (Å²) in [6, 6.07) is 0.174. The largest absolute Gasteiger partial charge is 0.378 e. The maximum absolute atomic E-state index is 12.6. The SMILES string of the molecule is CCCC(=O)N1CCC[C@H](C(=O)N[C@@H]2C[C@@H](OCC)C2(C)C)C1. The average Bonchev–Trinajstić information content (AvgIpc) is 2.54. The zero-order chi connectivity index (χ0) is 17.0. The Morgan fingerprint density at radius 3 is 2.65 bits per heavy atom. The van der Waals surface area contributed by atoms with Crippen LogP contribution in [0.1, 0.15) is 59.8 Å². The molecule has 5 heteroatoms. The molecule has 1 heterocycles. The molecule has 0 spiro atoms. The molecule has 0 bridgehead atoms. The molecule has 1 N–H and O–H groups in total. The Morgan fingerprint density at radius 2 is 2.04 bits per heavy atom. The summed E-state index contributed by atoms with van der Waals surface area (Å²) in [4.78, 5) is 26.5. The quantitative estimate of drug-likeness (QED) is 0.816. The maximum Gasteiger partial charge on any atom is 0.225 e. The van der Waals surface area contributed by atoms with Gasteiger partial charge in [-0.05, 0) is 32.6 Å². The molecule has 1 aliphatic heterocycles. The van der Waals surface area contributed by atoms with Gasteiger partial charge in [-0.15, -0.1) is 0 Å². The first-order chi connectivity index (χ1) is 10.9. The van der Waals surface area contributed by atoms with Crippen LogP contribution in [0, 0.1) is 11.3 Å². The Balaban J connectivity index is 1.85. The monoisotopic (exact) mass is 324 g/mol. The van der Waals surface area contributed by atoms with Crippen molar-refractivity contribution in [3.8, 4) is 0 Å². The Kier molecular flexibility index (Phi) is 6.06. The van der Waals surface area contributed by atoms with Crippen LogP contribution in [0.25, 0.3) is 0 Å². The van der Waals surface area contributed by atoms with Crippen molar-refractivity contribution in [2.75, 3.05) is 19.7 Å². The number of likely N-dealkylation sites (tertiary alicyclic amines) is 1. The van der Waals surface area contributed by atoms with Crippen molar-refractivity contribution in [2.45, 2.75) is 71.9 Å². The lowest BCUT2D eigenvalue weighted by Crippen LogP contribution is -2.63. The van der Waals surface area contributed by atoms with Crippen LogP contribution >= 0.6 is 0 Å². The fourth-order valence-electron chi connectivity index (χ4n) is 3.69. The molecule has 2 fully saturated rings. The molecular formula is C18H32N2O3. The van der Waals surface area contributed by atoms with Crippen LogP contribution in [0.15, 0.2) is 0 Å². The van der Waals surface area contributed by atoms with Crippen molar-refractivity contribution >= 4 is 11.8 Å². The smallest absolute Gasteiger partial charge is 0.225 e. The van der Waals surface area contributed by atoms with Crippen molar-refractivity contribution in [1.82, 2.24) is 10.2 Å². The lowest BCUT2D eigenvalue weighted by molar-refractivity contribution is -0.143. The number of hydrogen-bond donors (Lipinski definition) is 1. The van der Waals surface area contributed by atoms with Crippen LogP contribution in [0.2, 0.25) is 0 Å². The number of nitrogens with one attached hydrogen (secondary N) is 1. The lowest BCUT2D eigenvalue weighted by atomic mass is 9.64. The van der Waals surface area contributed by atoms with Crippen molar-refractivity contribution in [1.29, 1.82) is 0 Å². The number of rotatable bonds is 6. The minimum atomic E-state index is -0.0634. The molecule has 0 aromatic carbocycles. The third kappa shape index (κ3) is 4.06. The first-order valence-corrected chi connectivity index (χ1v) is 9.09. The number of nitrogens with zero attached hydrogens (tertiary/aromatic N) is 1. The Morgan fingerprint density at radius 1 is 1.30 bits per heavy atom. The van der Waals surface area contributed by atoms with Gasteiger partial charge in [0.25, 0.3) is 0 Å². The number of amides is 2. The molecule has 1 saturated carbocycles. The number of ether oxygens (including phenoxy) is 1. The first-order valence-electron chi connectivity index (χ1n) is 9.09. The topological polar surface area (TPSA) is 58.6 Å². The lowest BCUT2D eigenvalue weighted by Gasteiger charge is -2.52. The molecule has 2 rings (SSSR count). The normalized spacial score (nSPS) is 29.7. The van der Waals surface area contributed by atoms with Crippen LogP contribution in [-0.4, -0.2) is 48.6 Å². The molecule has 23 heavy (non-hydrogen) atoms. The highest BCUT2D eigenvalue weighted by molar-refractivity contribution is 5.81. The van der Waals surface area contributed by atoms with Gasteiger partial charge in [0.05, 0.1) is 12.0 Å². The maximum atomic E-state index is 12.6. The molecule has 2 amide bonds. The second-order valence-electron chi connectivity index (χ2n) is 7.49. The van der Waals surface area contributed by atoms with Gasteiger partial charge < -0.3 is 15.0 Å². The second kappa shape index (κ2) is 7.65. The van der Waals surface area contributed by atoms with E-state index in [4.69, 9.17) is 4.74 Å². The van der Waals surface area contributed by atoms with E-state index in [1.807, 2.05) is 18.7 Å². The number of piperidine rings is 1. The summed E-state index contributed by atoms with van der Waals surface area (Å²) in [6.07, 6.45) is 4.36. The van der Waals surface area contributed by atoms with E-state index in [1.165, 1.54) is 0 Å². The van der Waals surface area contributed by atoms with E-state index >= 15 is 0 Å². The Hall–Kier alpha value is -1.10. The number of carbonyl (C=O) groups excluding carboxylic acids is 2. The molecule has 0 radical (unpaired) electrons. The summed E-state index contributed by atoms with van der Waals surface area (Å²) in [7, 11) is 0. The van der Waals surface area contributed by atoms with Gasteiger partial charge >= 0.3 is 0 Å². The molecule has 0 aromatic rings. The standard InChI is InChI=1S/C18H32N2O3/c1-5-8-16(21)20-10-7-9-13(12-20)17(22)19-14-11-15(23-6-2)18(14,3)4/h13-15H,5-12H2,1-4H3,(H,19,22)/t13-,14+,15+/m0/s1. The van der Waals surface area contributed by atoms with Crippen LogP contribution < -0.4 is 5.32 Å². The van der Waals surface area contributed by atoms with Gasteiger partial charge in [0, 0.05) is 37.6 Å². The summed E-state index contributed by atoms with van der Waals surface area (Å²) in [5.74, 6) is 0.226. The zero-order valence-corrected chi connectivity index (χ0v) is 15.1. The van der Waals surface area contributed by atoms with Crippen LogP contribution in [0.3, 0.4) is 0 Å². The average molecular weight is 324 g/mol. The van der Waals surface area contributed by atoms with Gasteiger partial charge in [0.15, 0.2) is 0 Å². The number of hydrogen-bond acceptors (Lipinski definition) is 3. The van der Waals surface area contributed by atoms with Crippen LogP contribution in [-0.2, 0) is 14.3 Å². The van der Waals surface area contributed by atoms with E-state index in [9.17, 15) is 9.59 Å². The molecule has 0 aromatic heterocycles. The third-order valence-corrected chi connectivity index (χ3v) is 5.47. The predicted octanol–water partition coefficient (Wildman–Crippen LogP) is 2.34. The van der Waals surface area contributed by atoms with E-state index < -0.39 is 0 Å². The second-order valence-corrected chi connectivity index (χ2v) is 7.49. The van der Waals surface area contributed by atoms with Gasteiger partial charge in [-0.1, -0.05) is 20.8 Å². The van der Waals surface area contributed by atoms with E-state index in [2.05, 4.69) is 19.2 Å². The molecule has 1 aliphatic carbocycles. The van der Waals surface area contributed by atoms with Gasteiger partial charge in [0.1, 0.15) is 0 Å². The highest BCUT2D eigenvalue weighted by Gasteiger charge is 2.50. The molecule has 5 nitrogen and oxygen atoms in total. The molecule has 1 saturated heterocycles.